The number of hydrogen-bond acceptors (Lipinski definition) is 2. The van der Waals surface area contributed by atoms with E-state index in [1.807, 2.05) is 43.3 Å². The molecule has 2 aliphatic rings. The molecule has 5 nitrogen and oxygen atoms in total. The van der Waals surface area contributed by atoms with Crippen molar-refractivity contribution in [2.24, 2.45) is 0 Å². The van der Waals surface area contributed by atoms with Crippen molar-refractivity contribution in [1.82, 2.24) is 10.2 Å². The van der Waals surface area contributed by atoms with Crippen molar-refractivity contribution in [3.63, 3.8) is 0 Å². The van der Waals surface area contributed by atoms with Crippen LogP contribution in [0.1, 0.15) is 42.5 Å². The normalized spacial score (nSPS) is 18.7. The highest BCUT2D eigenvalue weighted by Crippen LogP contribution is 2.38. The topological polar surface area (TPSA) is 52.7 Å². The van der Waals surface area contributed by atoms with Crippen molar-refractivity contribution in [2.45, 2.75) is 32.7 Å². The largest absolute Gasteiger partial charge is 0.326 e. The number of aryl methyl sites for hydroxylation is 1. The van der Waals surface area contributed by atoms with E-state index in [0.717, 1.165) is 22.5 Å². The zero-order valence-corrected chi connectivity index (χ0v) is 17.7. The number of rotatable bonds is 5. The lowest BCUT2D eigenvalue weighted by Gasteiger charge is -2.33. The summed E-state index contributed by atoms with van der Waals surface area (Å²) in [6, 6.07) is 15.4. The average molecular weight is 402 g/mol. The maximum absolute atomic E-state index is 13.5. The van der Waals surface area contributed by atoms with Crippen LogP contribution in [0.3, 0.4) is 0 Å². The lowest BCUT2D eigenvalue weighted by Crippen LogP contribution is -2.47. The Morgan fingerprint density at radius 1 is 1.10 bits per heavy atom. The van der Waals surface area contributed by atoms with E-state index in [-0.39, 0.29) is 11.9 Å². The summed E-state index contributed by atoms with van der Waals surface area (Å²) in [6.07, 6.45) is 1.68. The number of amides is 3. The van der Waals surface area contributed by atoms with Gasteiger partial charge in [0.05, 0.1) is 23.9 Å². The number of urea groups is 1. The molecule has 0 spiro atoms. The Morgan fingerprint density at radius 3 is 2.37 bits per heavy atom. The molecule has 1 atom stereocenters. The molecule has 0 saturated carbocycles. The van der Waals surface area contributed by atoms with Crippen LogP contribution in [0.5, 0.6) is 0 Å². The fraction of sp³-hybridized carbons (Fsp3) is 0.280. The molecule has 0 fully saturated rings. The molecule has 0 radical (unpaired) electrons. The smallest absolute Gasteiger partial charge is 0.322 e. The van der Waals surface area contributed by atoms with E-state index >= 15 is 0 Å². The number of hydrogen-bond donors (Lipinski definition) is 1. The fourth-order valence-corrected chi connectivity index (χ4v) is 4.07. The number of nitrogens with zero attached hydrogens (tertiary/aromatic N) is 2. The summed E-state index contributed by atoms with van der Waals surface area (Å²) in [6.45, 7) is 10.8. The fourth-order valence-electron chi connectivity index (χ4n) is 4.07. The van der Waals surface area contributed by atoms with Gasteiger partial charge in [-0.05, 0) is 36.1 Å². The Hall–Kier alpha value is -3.34. The highest BCUT2D eigenvalue weighted by molar-refractivity contribution is 6.11. The molecule has 1 N–H and O–H groups in total. The molecule has 2 aromatic carbocycles. The molecular formula is C25H27N3O2. The lowest BCUT2D eigenvalue weighted by atomic mass is 9.93. The van der Waals surface area contributed by atoms with Crippen molar-refractivity contribution in [1.29, 1.82) is 0 Å². The molecule has 2 aliphatic heterocycles. The number of anilines is 1. The zero-order valence-electron chi connectivity index (χ0n) is 17.7. The molecular weight excluding hydrogens is 374 g/mol. The van der Waals surface area contributed by atoms with Gasteiger partial charge in [0, 0.05) is 12.2 Å². The van der Waals surface area contributed by atoms with E-state index in [2.05, 4.69) is 37.9 Å². The summed E-state index contributed by atoms with van der Waals surface area (Å²) in [5.41, 5.74) is 5.49. The maximum Gasteiger partial charge on any atom is 0.322 e. The monoisotopic (exact) mass is 401 g/mol. The van der Waals surface area contributed by atoms with E-state index in [4.69, 9.17) is 0 Å². The molecule has 0 aliphatic carbocycles. The third-order valence-corrected chi connectivity index (χ3v) is 5.82. The molecule has 3 amide bonds. The van der Waals surface area contributed by atoms with Gasteiger partial charge in [0.25, 0.3) is 5.91 Å². The van der Waals surface area contributed by atoms with E-state index in [0.29, 0.717) is 24.6 Å². The van der Waals surface area contributed by atoms with Crippen LogP contribution in [-0.4, -0.2) is 29.9 Å². The van der Waals surface area contributed by atoms with E-state index in [1.54, 1.807) is 15.9 Å². The van der Waals surface area contributed by atoms with Gasteiger partial charge in [0.2, 0.25) is 0 Å². The predicted octanol–water partition coefficient (Wildman–Crippen LogP) is 4.67. The number of carbonyl (C=O) groups excluding carboxylic acids is 2. The second-order valence-corrected chi connectivity index (χ2v) is 8.19. The Morgan fingerprint density at radius 2 is 1.77 bits per heavy atom. The van der Waals surface area contributed by atoms with Crippen LogP contribution in [0.4, 0.5) is 10.5 Å². The summed E-state index contributed by atoms with van der Waals surface area (Å²) >= 11 is 0. The summed E-state index contributed by atoms with van der Waals surface area (Å²) < 4.78 is 0. The van der Waals surface area contributed by atoms with Crippen LogP contribution in [0.15, 0.2) is 72.5 Å². The standard InChI is InChI=1S/C25H27N3O2/c1-5-14-27-21-15-28(20-12-6-17(4)7-13-20)24(29)22(21)23(26-25(27)30)19-10-8-18(9-11-19)16(2)3/h5-13,16,23H,1,14-15H2,2-4H3,(H,26,30). The highest BCUT2D eigenvalue weighted by Gasteiger charge is 2.44. The first kappa shape index (κ1) is 20.0. The minimum Gasteiger partial charge on any atom is -0.326 e. The number of carbonyl (C=O) groups is 2. The van der Waals surface area contributed by atoms with Gasteiger partial charge >= 0.3 is 6.03 Å². The van der Waals surface area contributed by atoms with Gasteiger partial charge in [0.15, 0.2) is 0 Å². The average Bonchev–Trinajstić information content (AvgIpc) is 3.08. The van der Waals surface area contributed by atoms with Gasteiger partial charge in [-0.15, -0.1) is 6.58 Å². The molecule has 4 rings (SSSR count). The Balaban J connectivity index is 1.75. The van der Waals surface area contributed by atoms with E-state index < -0.39 is 6.04 Å². The molecule has 0 bridgehead atoms. The number of benzene rings is 2. The Bertz CT molecular complexity index is 1020. The quantitative estimate of drug-likeness (QED) is 0.740. The third-order valence-electron chi connectivity index (χ3n) is 5.82. The van der Waals surface area contributed by atoms with Gasteiger partial charge in [0.1, 0.15) is 0 Å². The highest BCUT2D eigenvalue weighted by atomic mass is 16.2. The molecule has 5 heteroatoms. The van der Waals surface area contributed by atoms with Gasteiger partial charge in [-0.1, -0.05) is 61.9 Å². The van der Waals surface area contributed by atoms with Crippen molar-refractivity contribution < 1.29 is 9.59 Å². The Kier molecular flexibility index (Phi) is 5.20. The van der Waals surface area contributed by atoms with E-state index in [1.165, 1.54) is 5.56 Å². The maximum atomic E-state index is 13.5. The van der Waals surface area contributed by atoms with Crippen LogP contribution < -0.4 is 10.2 Å². The van der Waals surface area contributed by atoms with Crippen LogP contribution in [0, 0.1) is 6.92 Å². The van der Waals surface area contributed by atoms with Gasteiger partial charge in [-0.3, -0.25) is 9.69 Å². The minimum absolute atomic E-state index is 0.0687. The van der Waals surface area contributed by atoms with Crippen LogP contribution in [0.25, 0.3) is 0 Å². The minimum atomic E-state index is -0.460. The molecule has 0 aromatic heterocycles. The van der Waals surface area contributed by atoms with Crippen molar-refractivity contribution in [2.75, 3.05) is 18.0 Å². The summed E-state index contributed by atoms with van der Waals surface area (Å²) in [5.74, 6) is 0.351. The van der Waals surface area contributed by atoms with Crippen LogP contribution in [-0.2, 0) is 4.79 Å². The molecule has 1 unspecified atom stereocenters. The molecule has 154 valence electrons. The van der Waals surface area contributed by atoms with Crippen molar-refractivity contribution in [3.8, 4) is 0 Å². The first-order valence-electron chi connectivity index (χ1n) is 10.3. The summed E-state index contributed by atoms with van der Waals surface area (Å²) in [5, 5.41) is 3.03. The predicted molar refractivity (Wildman–Crippen MR) is 119 cm³/mol. The van der Waals surface area contributed by atoms with E-state index in [9.17, 15) is 9.59 Å². The first-order chi connectivity index (χ1) is 14.4. The van der Waals surface area contributed by atoms with Gasteiger partial charge in [-0.2, -0.15) is 0 Å². The van der Waals surface area contributed by atoms with Crippen LogP contribution >= 0.6 is 0 Å². The zero-order chi connectivity index (χ0) is 21.4. The van der Waals surface area contributed by atoms with Crippen molar-refractivity contribution >= 4 is 17.6 Å². The summed E-state index contributed by atoms with van der Waals surface area (Å²) in [7, 11) is 0. The van der Waals surface area contributed by atoms with Gasteiger partial charge < -0.3 is 10.2 Å². The molecule has 2 aromatic rings. The lowest BCUT2D eigenvalue weighted by molar-refractivity contribution is -0.114. The third kappa shape index (κ3) is 3.41. The SMILES string of the molecule is C=CCN1C(=O)NC(c2ccc(C(C)C)cc2)C2=C1CN(c1ccc(C)cc1)C2=O. The first-order valence-corrected chi connectivity index (χ1v) is 10.3. The second kappa shape index (κ2) is 7.82. The van der Waals surface area contributed by atoms with Crippen LogP contribution in [0.2, 0.25) is 0 Å². The number of nitrogens with one attached hydrogen (secondary N) is 1. The summed E-state index contributed by atoms with van der Waals surface area (Å²) in [4.78, 5) is 29.8. The van der Waals surface area contributed by atoms with Gasteiger partial charge in [-0.25, -0.2) is 4.79 Å². The molecule has 0 saturated heterocycles. The second-order valence-electron chi connectivity index (χ2n) is 8.19. The molecule has 30 heavy (non-hydrogen) atoms. The Labute approximate surface area is 177 Å². The van der Waals surface area contributed by atoms with Crippen molar-refractivity contribution in [3.05, 3.63) is 89.1 Å². The molecule has 2 heterocycles.